The minimum atomic E-state index is -4.06. The molecule has 1 aromatic heterocycles. The van der Waals surface area contributed by atoms with Crippen LogP contribution < -0.4 is 10.0 Å². The number of sulfonamides is 1. The van der Waals surface area contributed by atoms with Crippen LogP contribution in [0.2, 0.25) is 0 Å². The van der Waals surface area contributed by atoms with Crippen LogP contribution in [0.15, 0.2) is 33.7 Å². The monoisotopic (exact) mass is 353 g/mol. The number of hydrogen-bond acceptors (Lipinski definition) is 5. The Balaban J connectivity index is 1.75. The molecule has 1 fully saturated rings. The van der Waals surface area contributed by atoms with E-state index in [1.54, 1.807) is 13.0 Å². The van der Waals surface area contributed by atoms with Gasteiger partial charge in [-0.1, -0.05) is 24.4 Å². The summed E-state index contributed by atoms with van der Waals surface area (Å²) < 4.78 is 45.9. The molecule has 0 radical (unpaired) electrons. The maximum Gasteiger partial charge on any atom is 0.266 e. The van der Waals surface area contributed by atoms with Gasteiger partial charge in [0.15, 0.2) is 5.82 Å². The number of nitrogens with one attached hydrogen (secondary N) is 2. The lowest BCUT2D eigenvalue weighted by atomic mass is 9.95. The molecule has 0 spiro atoms. The summed E-state index contributed by atoms with van der Waals surface area (Å²) in [5.74, 6) is -0.319. The highest BCUT2D eigenvalue weighted by Crippen LogP contribution is 2.25. The molecule has 8 heteroatoms. The molecule has 0 amide bonds. The second-order valence-electron chi connectivity index (χ2n) is 6.05. The fourth-order valence-electron chi connectivity index (χ4n) is 2.90. The fraction of sp³-hybridized carbons (Fsp3) is 0.438. The predicted molar refractivity (Wildman–Crippen MR) is 88.9 cm³/mol. The first-order chi connectivity index (χ1) is 11.4. The standard InChI is InChI=1S/C16H20FN3O3S/c1-11-9-16(19-23-11)20-24(21,22)15-8-7-13(10-14(15)17)18-12-5-3-2-4-6-12/h7-10,12,18H,2-6H2,1H3,(H,19,20). The molecule has 0 saturated heterocycles. The van der Waals surface area contributed by atoms with Crippen LogP contribution in [-0.2, 0) is 10.0 Å². The lowest BCUT2D eigenvalue weighted by Crippen LogP contribution is -2.22. The van der Waals surface area contributed by atoms with Crippen molar-refractivity contribution in [3.63, 3.8) is 0 Å². The van der Waals surface area contributed by atoms with Gasteiger partial charge in [0.25, 0.3) is 10.0 Å². The number of hydrogen-bond donors (Lipinski definition) is 2. The summed E-state index contributed by atoms with van der Waals surface area (Å²) in [5.41, 5.74) is 0.593. The largest absolute Gasteiger partial charge is 0.382 e. The highest BCUT2D eigenvalue weighted by molar-refractivity contribution is 7.92. The van der Waals surface area contributed by atoms with Gasteiger partial charge in [0.2, 0.25) is 0 Å². The zero-order valence-electron chi connectivity index (χ0n) is 13.4. The van der Waals surface area contributed by atoms with Crippen molar-refractivity contribution in [2.75, 3.05) is 10.0 Å². The van der Waals surface area contributed by atoms with E-state index in [0.29, 0.717) is 17.5 Å². The lowest BCUT2D eigenvalue weighted by molar-refractivity contribution is 0.400. The van der Waals surface area contributed by atoms with E-state index in [1.165, 1.54) is 24.6 Å². The third-order valence-corrected chi connectivity index (χ3v) is 5.45. The van der Waals surface area contributed by atoms with Crippen LogP contribution in [-0.4, -0.2) is 19.6 Å². The van der Waals surface area contributed by atoms with Gasteiger partial charge in [0.1, 0.15) is 16.5 Å². The lowest BCUT2D eigenvalue weighted by Gasteiger charge is -2.24. The Bertz CT molecular complexity index is 814. The summed E-state index contributed by atoms with van der Waals surface area (Å²) in [6, 6.07) is 5.80. The molecule has 0 unspecified atom stereocenters. The van der Waals surface area contributed by atoms with Crippen LogP contribution >= 0.6 is 0 Å². The van der Waals surface area contributed by atoms with E-state index in [2.05, 4.69) is 15.2 Å². The Kier molecular flexibility index (Phi) is 4.75. The van der Waals surface area contributed by atoms with Gasteiger partial charge in [0.05, 0.1) is 0 Å². The van der Waals surface area contributed by atoms with E-state index in [4.69, 9.17) is 4.52 Å². The maximum absolute atomic E-state index is 14.3. The Morgan fingerprint density at radius 2 is 1.96 bits per heavy atom. The Hall–Kier alpha value is -2.09. The minimum Gasteiger partial charge on any atom is -0.382 e. The number of benzene rings is 1. The van der Waals surface area contributed by atoms with Gasteiger partial charge in [-0.15, -0.1) is 0 Å². The predicted octanol–water partition coefficient (Wildman–Crippen LogP) is 3.67. The number of nitrogens with zero attached hydrogens (tertiary/aromatic N) is 1. The third kappa shape index (κ3) is 3.87. The van der Waals surface area contributed by atoms with E-state index in [-0.39, 0.29) is 5.82 Å². The Morgan fingerprint density at radius 1 is 1.21 bits per heavy atom. The zero-order valence-corrected chi connectivity index (χ0v) is 14.2. The average Bonchev–Trinajstić information content (AvgIpc) is 2.92. The first-order valence-electron chi connectivity index (χ1n) is 7.96. The van der Waals surface area contributed by atoms with Crippen molar-refractivity contribution in [1.29, 1.82) is 0 Å². The quantitative estimate of drug-likeness (QED) is 0.857. The fourth-order valence-corrected chi connectivity index (χ4v) is 3.94. The molecule has 3 rings (SSSR count). The van der Waals surface area contributed by atoms with Crippen molar-refractivity contribution < 1.29 is 17.3 Å². The van der Waals surface area contributed by atoms with Crippen molar-refractivity contribution in [3.05, 3.63) is 35.8 Å². The van der Waals surface area contributed by atoms with Crippen molar-refractivity contribution in [1.82, 2.24) is 5.16 Å². The normalized spacial score (nSPS) is 16.1. The minimum absolute atomic E-state index is 0.0244. The summed E-state index contributed by atoms with van der Waals surface area (Å²) in [4.78, 5) is -0.419. The third-order valence-electron chi connectivity index (χ3n) is 4.06. The van der Waals surface area contributed by atoms with Gasteiger partial charge in [-0.25, -0.2) is 12.8 Å². The van der Waals surface area contributed by atoms with E-state index >= 15 is 0 Å². The topological polar surface area (TPSA) is 84.2 Å². The molecule has 2 aromatic rings. The molecule has 0 aliphatic heterocycles. The first-order valence-corrected chi connectivity index (χ1v) is 9.44. The number of aromatic nitrogens is 1. The van der Waals surface area contributed by atoms with Gasteiger partial charge in [0, 0.05) is 17.8 Å². The molecule has 0 atom stereocenters. The highest BCUT2D eigenvalue weighted by atomic mass is 32.2. The maximum atomic E-state index is 14.3. The van der Waals surface area contributed by atoms with Gasteiger partial charge >= 0.3 is 0 Å². The van der Waals surface area contributed by atoms with Gasteiger partial charge in [-0.3, -0.25) is 4.72 Å². The molecule has 1 aliphatic rings. The van der Waals surface area contributed by atoms with Gasteiger partial charge in [-0.05, 0) is 38.0 Å². The number of halogens is 1. The molecule has 1 aromatic carbocycles. The SMILES string of the molecule is Cc1cc(NS(=O)(=O)c2ccc(NC3CCCCC3)cc2F)no1. The molecule has 1 heterocycles. The average molecular weight is 353 g/mol. The summed E-state index contributed by atoms with van der Waals surface area (Å²) in [6.07, 6.45) is 5.65. The molecule has 0 bridgehead atoms. The van der Waals surface area contributed by atoms with Crippen LogP contribution in [0.25, 0.3) is 0 Å². The molecular weight excluding hydrogens is 333 g/mol. The van der Waals surface area contributed by atoms with Crippen molar-refractivity contribution in [3.8, 4) is 0 Å². The number of anilines is 2. The van der Waals surface area contributed by atoms with Crippen LogP contribution in [0.4, 0.5) is 15.9 Å². The summed E-state index contributed by atoms with van der Waals surface area (Å²) >= 11 is 0. The first kappa shape index (κ1) is 16.8. The molecule has 1 saturated carbocycles. The van der Waals surface area contributed by atoms with Crippen LogP contribution in [0.3, 0.4) is 0 Å². The number of rotatable bonds is 5. The second-order valence-corrected chi connectivity index (χ2v) is 7.70. The molecular formula is C16H20FN3O3S. The van der Waals surface area contributed by atoms with Crippen molar-refractivity contribution >= 4 is 21.5 Å². The number of aryl methyl sites for hydroxylation is 1. The Labute approximate surface area is 140 Å². The van der Waals surface area contributed by atoms with Gasteiger partial charge in [-0.2, -0.15) is 0 Å². The second kappa shape index (κ2) is 6.80. The molecule has 6 nitrogen and oxygen atoms in total. The smallest absolute Gasteiger partial charge is 0.266 e. The van der Waals surface area contributed by atoms with E-state index in [1.807, 2.05) is 0 Å². The van der Waals surface area contributed by atoms with Crippen molar-refractivity contribution in [2.45, 2.75) is 50.0 Å². The van der Waals surface area contributed by atoms with Crippen LogP contribution in [0, 0.1) is 12.7 Å². The summed E-state index contributed by atoms with van der Waals surface area (Å²) in [7, 11) is -4.06. The van der Waals surface area contributed by atoms with E-state index in [9.17, 15) is 12.8 Å². The van der Waals surface area contributed by atoms with Gasteiger partial charge < -0.3 is 9.84 Å². The molecule has 24 heavy (non-hydrogen) atoms. The van der Waals surface area contributed by atoms with Crippen LogP contribution in [0.5, 0.6) is 0 Å². The highest BCUT2D eigenvalue weighted by Gasteiger charge is 2.21. The molecule has 2 N–H and O–H groups in total. The zero-order chi connectivity index (χ0) is 17.2. The van der Waals surface area contributed by atoms with E-state index in [0.717, 1.165) is 25.7 Å². The molecule has 1 aliphatic carbocycles. The van der Waals surface area contributed by atoms with Crippen molar-refractivity contribution in [2.24, 2.45) is 0 Å². The molecule has 130 valence electrons. The summed E-state index contributed by atoms with van der Waals surface area (Å²) in [6.45, 7) is 1.64. The van der Waals surface area contributed by atoms with Crippen LogP contribution in [0.1, 0.15) is 37.9 Å². The Morgan fingerprint density at radius 3 is 2.58 bits per heavy atom. The van der Waals surface area contributed by atoms with E-state index < -0.39 is 20.7 Å². The summed E-state index contributed by atoms with van der Waals surface area (Å²) in [5, 5.41) is 6.82.